The van der Waals surface area contributed by atoms with Crippen LogP contribution in [0.1, 0.15) is 26.2 Å². The standard InChI is InChI=1S/C7H11S/c1-2-4-7-5-3-6-8-7/h3,6H,2,4-5H2,1H3. The molecular weight excluding hydrogens is 116 g/mol. The molecular formula is C7H11S. The van der Waals surface area contributed by atoms with Crippen LogP contribution in [-0.4, -0.2) is 0 Å². The second kappa shape index (κ2) is 3.18. The molecule has 0 aromatic carbocycles. The minimum Gasteiger partial charge on any atom is -0.126 e. The molecule has 1 aliphatic heterocycles. The van der Waals surface area contributed by atoms with Crippen LogP contribution in [0.3, 0.4) is 0 Å². The third kappa shape index (κ3) is 1.55. The van der Waals surface area contributed by atoms with Crippen molar-refractivity contribution in [3.05, 3.63) is 16.7 Å². The van der Waals surface area contributed by atoms with Crippen molar-refractivity contribution in [1.29, 1.82) is 0 Å². The minimum absolute atomic E-state index is 1.22. The Kier molecular flexibility index (Phi) is 2.47. The average Bonchev–Trinajstić information content (AvgIpc) is 2.19. The molecule has 0 fully saturated rings. The molecule has 1 heteroatoms. The van der Waals surface area contributed by atoms with Crippen molar-refractivity contribution < 1.29 is 0 Å². The highest BCUT2D eigenvalue weighted by atomic mass is 32.2. The molecule has 1 rings (SSSR count). The molecule has 0 saturated heterocycles. The van der Waals surface area contributed by atoms with Crippen LogP contribution >= 0.6 is 11.8 Å². The second-order valence-electron chi connectivity index (χ2n) is 1.98. The van der Waals surface area contributed by atoms with E-state index in [0.717, 1.165) is 0 Å². The van der Waals surface area contributed by atoms with Crippen LogP contribution in [0.25, 0.3) is 0 Å². The van der Waals surface area contributed by atoms with Gasteiger partial charge in [0.2, 0.25) is 0 Å². The lowest BCUT2D eigenvalue weighted by Gasteiger charge is -2.01. The van der Waals surface area contributed by atoms with Crippen LogP contribution < -0.4 is 0 Å². The van der Waals surface area contributed by atoms with Crippen LogP contribution in [0, 0.1) is 5.25 Å². The van der Waals surface area contributed by atoms with Crippen molar-refractivity contribution in [3.63, 3.8) is 0 Å². The molecule has 1 radical (unpaired) electrons. The molecule has 1 aliphatic rings. The smallest absolute Gasteiger partial charge is 0.0388 e. The van der Waals surface area contributed by atoms with Crippen molar-refractivity contribution in [2.24, 2.45) is 0 Å². The van der Waals surface area contributed by atoms with Crippen molar-refractivity contribution in [1.82, 2.24) is 0 Å². The number of rotatable bonds is 2. The summed E-state index contributed by atoms with van der Waals surface area (Å²) in [6.07, 6.45) is 6.05. The summed E-state index contributed by atoms with van der Waals surface area (Å²) in [5.41, 5.74) is 0. The molecule has 0 saturated carbocycles. The summed E-state index contributed by atoms with van der Waals surface area (Å²) in [5.74, 6) is 0. The molecule has 0 nitrogen and oxygen atoms in total. The van der Waals surface area contributed by atoms with Gasteiger partial charge in [-0.1, -0.05) is 19.4 Å². The molecule has 8 heavy (non-hydrogen) atoms. The molecule has 0 bridgehead atoms. The second-order valence-corrected chi connectivity index (χ2v) is 3.07. The largest absolute Gasteiger partial charge is 0.126 e. The monoisotopic (exact) mass is 127 g/mol. The summed E-state index contributed by atoms with van der Waals surface area (Å²) < 4.78 is 0. The highest BCUT2D eigenvalue weighted by Gasteiger charge is 2.08. The summed E-state index contributed by atoms with van der Waals surface area (Å²) in [6, 6.07) is 0. The van der Waals surface area contributed by atoms with Gasteiger partial charge in [0.05, 0.1) is 0 Å². The average molecular weight is 127 g/mol. The van der Waals surface area contributed by atoms with Gasteiger partial charge < -0.3 is 0 Å². The first-order valence-electron chi connectivity index (χ1n) is 3.10. The fourth-order valence-corrected chi connectivity index (χ4v) is 1.71. The summed E-state index contributed by atoms with van der Waals surface area (Å²) >= 11 is 1.90. The molecule has 0 spiro atoms. The lowest BCUT2D eigenvalue weighted by atomic mass is 10.2. The van der Waals surface area contributed by atoms with Gasteiger partial charge in [-0.25, -0.2) is 0 Å². The molecule has 0 aromatic rings. The van der Waals surface area contributed by atoms with E-state index < -0.39 is 0 Å². The highest BCUT2D eigenvalue weighted by molar-refractivity contribution is 8.05. The van der Waals surface area contributed by atoms with Gasteiger partial charge in [0.1, 0.15) is 0 Å². The minimum atomic E-state index is 1.22. The van der Waals surface area contributed by atoms with Gasteiger partial charge in [-0.3, -0.25) is 0 Å². The maximum absolute atomic E-state index is 2.23. The van der Waals surface area contributed by atoms with E-state index in [2.05, 4.69) is 18.4 Å². The summed E-state index contributed by atoms with van der Waals surface area (Å²) in [6.45, 7) is 2.23. The van der Waals surface area contributed by atoms with Gasteiger partial charge in [0.25, 0.3) is 0 Å². The van der Waals surface area contributed by atoms with Crippen molar-refractivity contribution in [2.45, 2.75) is 26.2 Å². The predicted octanol–water partition coefficient (Wildman–Crippen LogP) is 2.97. The Balaban J connectivity index is 2.10. The number of hydrogen-bond donors (Lipinski definition) is 0. The van der Waals surface area contributed by atoms with Gasteiger partial charge in [0.15, 0.2) is 0 Å². The number of allylic oxidation sites excluding steroid dienone is 1. The third-order valence-electron chi connectivity index (χ3n) is 1.21. The maximum atomic E-state index is 2.23. The first-order chi connectivity index (χ1) is 3.93. The zero-order chi connectivity index (χ0) is 5.82. The molecule has 0 aliphatic carbocycles. The zero-order valence-corrected chi connectivity index (χ0v) is 6.00. The normalized spacial score (nSPS) is 20.1. The highest BCUT2D eigenvalue weighted by Crippen LogP contribution is 2.34. The van der Waals surface area contributed by atoms with E-state index in [1.54, 1.807) is 5.25 Å². The Morgan fingerprint density at radius 3 is 3.12 bits per heavy atom. The van der Waals surface area contributed by atoms with Crippen LogP contribution in [0.5, 0.6) is 0 Å². The SMILES string of the molecule is CCC[C]1CC=CS1. The quantitative estimate of drug-likeness (QED) is 0.549. The van der Waals surface area contributed by atoms with Crippen molar-refractivity contribution in [2.75, 3.05) is 0 Å². The lowest BCUT2D eigenvalue weighted by Crippen LogP contribution is -1.82. The lowest BCUT2D eigenvalue weighted by molar-refractivity contribution is 0.855. The van der Waals surface area contributed by atoms with E-state index in [1.165, 1.54) is 19.3 Å². The summed E-state index contributed by atoms with van der Waals surface area (Å²) in [7, 11) is 0. The van der Waals surface area contributed by atoms with Gasteiger partial charge in [-0.15, -0.1) is 11.8 Å². The Morgan fingerprint density at radius 1 is 1.75 bits per heavy atom. The van der Waals surface area contributed by atoms with E-state index in [0.29, 0.717) is 0 Å². The Labute approximate surface area is 55.4 Å². The van der Waals surface area contributed by atoms with Crippen molar-refractivity contribution >= 4 is 11.8 Å². The van der Waals surface area contributed by atoms with Gasteiger partial charge in [0, 0.05) is 5.25 Å². The Bertz CT molecular complexity index is 78.4. The topological polar surface area (TPSA) is 0 Å². The molecule has 0 amide bonds. The maximum Gasteiger partial charge on any atom is 0.0388 e. The van der Waals surface area contributed by atoms with Crippen molar-refractivity contribution in [3.8, 4) is 0 Å². The van der Waals surface area contributed by atoms with E-state index >= 15 is 0 Å². The van der Waals surface area contributed by atoms with Crippen LogP contribution in [0.15, 0.2) is 11.5 Å². The molecule has 0 unspecified atom stereocenters. The zero-order valence-electron chi connectivity index (χ0n) is 5.18. The Morgan fingerprint density at radius 2 is 2.62 bits per heavy atom. The van der Waals surface area contributed by atoms with E-state index in [-0.39, 0.29) is 0 Å². The first kappa shape index (κ1) is 6.21. The third-order valence-corrected chi connectivity index (χ3v) is 2.24. The van der Waals surface area contributed by atoms with E-state index in [1.807, 2.05) is 11.8 Å². The molecule has 0 atom stereocenters. The number of hydrogen-bond acceptors (Lipinski definition) is 1. The van der Waals surface area contributed by atoms with Crippen LogP contribution in [0.4, 0.5) is 0 Å². The fraction of sp³-hybridized carbons (Fsp3) is 0.571. The van der Waals surface area contributed by atoms with E-state index in [4.69, 9.17) is 0 Å². The Hall–Kier alpha value is 0.0900. The van der Waals surface area contributed by atoms with Crippen LogP contribution in [0.2, 0.25) is 0 Å². The number of thioether (sulfide) groups is 1. The predicted molar refractivity (Wildman–Crippen MR) is 39.5 cm³/mol. The van der Waals surface area contributed by atoms with Gasteiger partial charge >= 0.3 is 0 Å². The van der Waals surface area contributed by atoms with Gasteiger partial charge in [-0.05, 0) is 18.2 Å². The molecule has 0 aromatic heterocycles. The van der Waals surface area contributed by atoms with Gasteiger partial charge in [-0.2, -0.15) is 0 Å². The van der Waals surface area contributed by atoms with Crippen LogP contribution in [-0.2, 0) is 0 Å². The first-order valence-corrected chi connectivity index (χ1v) is 3.98. The fourth-order valence-electron chi connectivity index (χ4n) is 0.812. The molecule has 45 valence electrons. The summed E-state index contributed by atoms with van der Waals surface area (Å²) in [4.78, 5) is 0. The molecule has 0 N–H and O–H groups in total. The van der Waals surface area contributed by atoms with E-state index in [9.17, 15) is 0 Å². The summed E-state index contributed by atoms with van der Waals surface area (Å²) in [5, 5.41) is 3.82. The molecule has 1 heterocycles.